The Morgan fingerprint density at radius 1 is 1.06 bits per heavy atom. The number of rotatable bonds is 9. The number of thiophene rings is 1. The van der Waals surface area contributed by atoms with Crippen molar-refractivity contribution in [1.29, 1.82) is 5.26 Å². The molecule has 160 valence electrons. The lowest BCUT2D eigenvalue weighted by Gasteiger charge is -2.10. The zero-order chi connectivity index (χ0) is 22.2. The molecule has 0 fully saturated rings. The monoisotopic (exact) mass is 459 g/mol. The van der Waals surface area contributed by atoms with E-state index in [1.165, 1.54) is 22.2 Å². The number of hydrogen-bond donors (Lipinski definition) is 1. The number of amides is 1. The minimum absolute atomic E-state index is 0.183. The summed E-state index contributed by atoms with van der Waals surface area (Å²) in [6.45, 7) is 0.735. The summed E-state index contributed by atoms with van der Waals surface area (Å²) in [5.41, 5.74) is 2.20. The van der Waals surface area contributed by atoms with Gasteiger partial charge in [-0.25, -0.2) is 0 Å². The molecule has 0 spiro atoms. The number of para-hydroxylation sites is 1. The van der Waals surface area contributed by atoms with Crippen molar-refractivity contribution >= 4 is 34.7 Å². The number of carbonyl (C=O) groups is 1. The van der Waals surface area contributed by atoms with Crippen LogP contribution in [0.25, 0.3) is 0 Å². The van der Waals surface area contributed by atoms with Gasteiger partial charge in [-0.05, 0) is 35.6 Å². The Bertz CT molecular complexity index is 1210. The molecule has 0 aliphatic carbocycles. The van der Waals surface area contributed by atoms with E-state index < -0.39 is 0 Å². The van der Waals surface area contributed by atoms with Crippen LogP contribution in [0.1, 0.15) is 21.8 Å². The van der Waals surface area contributed by atoms with Gasteiger partial charge in [0, 0.05) is 17.8 Å². The van der Waals surface area contributed by atoms with Crippen molar-refractivity contribution in [2.75, 3.05) is 11.1 Å². The Morgan fingerprint density at radius 3 is 2.66 bits per heavy atom. The van der Waals surface area contributed by atoms with Gasteiger partial charge in [-0.3, -0.25) is 4.79 Å². The van der Waals surface area contributed by atoms with Crippen LogP contribution < -0.4 is 5.32 Å². The maximum atomic E-state index is 12.5. The van der Waals surface area contributed by atoms with Crippen LogP contribution in [0, 0.1) is 11.3 Å². The lowest BCUT2D eigenvalue weighted by Crippen LogP contribution is -2.16. The molecule has 0 radical (unpaired) electrons. The predicted octanol–water partition coefficient (Wildman–Crippen LogP) is 4.78. The average molecular weight is 460 g/mol. The minimum Gasteiger partial charge on any atom is -0.324 e. The number of nitrogens with one attached hydrogen (secondary N) is 1. The Morgan fingerprint density at radius 2 is 1.88 bits per heavy atom. The fraction of sp³-hybridized carbons (Fsp3) is 0.167. The maximum Gasteiger partial charge on any atom is 0.234 e. The second-order valence-corrected chi connectivity index (χ2v) is 9.01. The third-order valence-corrected chi connectivity index (χ3v) is 6.67. The summed E-state index contributed by atoms with van der Waals surface area (Å²) in [6.07, 6.45) is 1.56. The predicted molar refractivity (Wildman–Crippen MR) is 128 cm³/mol. The summed E-state index contributed by atoms with van der Waals surface area (Å²) in [5, 5.41) is 23.6. The number of nitrogens with zero attached hydrogens (tertiary/aromatic N) is 4. The molecule has 4 aromatic rings. The van der Waals surface area contributed by atoms with Gasteiger partial charge in [0.25, 0.3) is 0 Å². The quantitative estimate of drug-likeness (QED) is 0.364. The fourth-order valence-electron chi connectivity index (χ4n) is 3.24. The summed E-state index contributed by atoms with van der Waals surface area (Å²) in [6, 6.07) is 23.5. The largest absolute Gasteiger partial charge is 0.324 e. The highest BCUT2D eigenvalue weighted by atomic mass is 32.2. The first-order valence-corrected chi connectivity index (χ1v) is 12.0. The van der Waals surface area contributed by atoms with Crippen molar-refractivity contribution in [2.45, 2.75) is 24.5 Å². The smallest absolute Gasteiger partial charge is 0.234 e. The third-order valence-electron chi connectivity index (χ3n) is 4.83. The maximum absolute atomic E-state index is 12.5. The molecule has 2 heterocycles. The van der Waals surface area contributed by atoms with E-state index in [-0.39, 0.29) is 11.7 Å². The van der Waals surface area contributed by atoms with E-state index >= 15 is 0 Å². The van der Waals surface area contributed by atoms with Gasteiger partial charge < -0.3 is 9.88 Å². The van der Waals surface area contributed by atoms with Crippen LogP contribution in [0.3, 0.4) is 0 Å². The number of hydrogen-bond acceptors (Lipinski definition) is 6. The van der Waals surface area contributed by atoms with Crippen LogP contribution in [0.2, 0.25) is 0 Å². The molecule has 0 bridgehead atoms. The first-order chi connectivity index (χ1) is 15.7. The molecule has 8 heteroatoms. The molecule has 6 nitrogen and oxygen atoms in total. The van der Waals surface area contributed by atoms with Crippen molar-refractivity contribution in [1.82, 2.24) is 14.8 Å². The van der Waals surface area contributed by atoms with E-state index in [4.69, 9.17) is 0 Å². The van der Waals surface area contributed by atoms with Crippen LogP contribution in [0.15, 0.2) is 77.3 Å². The number of aromatic nitrogens is 3. The van der Waals surface area contributed by atoms with Gasteiger partial charge in [0.1, 0.15) is 11.9 Å². The van der Waals surface area contributed by atoms with Crippen molar-refractivity contribution in [2.24, 2.45) is 0 Å². The van der Waals surface area contributed by atoms with Crippen molar-refractivity contribution < 1.29 is 4.79 Å². The van der Waals surface area contributed by atoms with E-state index in [2.05, 4.69) is 49.7 Å². The van der Waals surface area contributed by atoms with E-state index in [1.54, 1.807) is 35.6 Å². The Balaban J connectivity index is 1.46. The van der Waals surface area contributed by atoms with E-state index in [0.717, 1.165) is 23.9 Å². The molecule has 0 aliphatic rings. The van der Waals surface area contributed by atoms with Gasteiger partial charge in [-0.2, -0.15) is 5.26 Å². The first-order valence-electron chi connectivity index (χ1n) is 10.1. The molecule has 0 saturated carbocycles. The first kappa shape index (κ1) is 21.8. The molecule has 4 rings (SSSR count). The molecular formula is C24H21N5OS2. The van der Waals surface area contributed by atoms with Crippen molar-refractivity contribution in [3.63, 3.8) is 0 Å². The molecule has 2 aromatic heterocycles. The standard InChI is InChI=1S/C24H21N5OS2/c25-16-19-9-4-5-11-21(19)26-23(30)17-32-24-28-27-22(15-20-10-6-14-31-20)29(24)13-12-18-7-2-1-3-8-18/h1-11,14H,12-13,15,17H2,(H,26,30). The van der Waals surface area contributed by atoms with Gasteiger partial charge in [0.05, 0.1) is 17.0 Å². The van der Waals surface area contributed by atoms with Gasteiger partial charge >= 0.3 is 0 Å². The number of aryl methyl sites for hydroxylation is 1. The average Bonchev–Trinajstić information content (AvgIpc) is 3.47. The van der Waals surface area contributed by atoms with E-state index in [1.807, 2.05) is 24.3 Å². The zero-order valence-electron chi connectivity index (χ0n) is 17.3. The zero-order valence-corrected chi connectivity index (χ0v) is 18.9. The van der Waals surface area contributed by atoms with Crippen molar-refractivity contribution in [3.8, 4) is 6.07 Å². The minimum atomic E-state index is -0.185. The van der Waals surface area contributed by atoms with Crippen LogP contribution in [0.4, 0.5) is 5.69 Å². The summed E-state index contributed by atoms with van der Waals surface area (Å²) in [4.78, 5) is 13.7. The summed E-state index contributed by atoms with van der Waals surface area (Å²) < 4.78 is 2.11. The molecular weight excluding hydrogens is 438 g/mol. The lowest BCUT2D eigenvalue weighted by atomic mass is 10.1. The van der Waals surface area contributed by atoms with Crippen LogP contribution >= 0.6 is 23.1 Å². The number of thioether (sulfide) groups is 1. The SMILES string of the molecule is N#Cc1ccccc1NC(=O)CSc1nnc(Cc2cccs2)n1CCc1ccccc1. The molecule has 0 saturated heterocycles. The number of benzene rings is 2. The van der Waals surface area contributed by atoms with E-state index in [9.17, 15) is 10.1 Å². The molecule has 0 aliphatic heterocycles. The molecule has 32 heavy (non-hydrogen) atoms. The van der Waals surface area contributed by atoms with Gasteiger partial charge in [0.15, 0.2) is 5.16 Å². The second kappa shape index (κ2) is 10.8. The Kier molecular flexibility index (Phi) is 7.33. The highest BCUT2D eigenvalue weighted by Gasteiger charge is 2.16. The Hall–Kier alpha value is -3.41. The lowest BCUT2D eigenvalue weighted by molar-refractivity contribution is -0.113. The number of nitriles is 1. The summed E-state index contributed by atoms with van der Waals surface area (Å²) in [5.74, 6) is 0.888. The molecule has 2 aromatic carbocycles. The highest BCUT2D eigenvalue weighted by Crippen LogP contribution is 2.22. The van der Waals surface area contributed by atoms with Crippen LogP contribution in [-0.4, -0.2) is 26.4 Å². The molecule has 0 atom stereocenters. The van der Waals surface area contributed by atoms with Crippen LogP contribution in [0.5, 0.6) is 0 Å². The molecule has 1 amide bonds. The summed E-state index contributed by atoms with van der Waals surface area (Å²) >= 11 is 3.05. The van der Waals surface area contributed by atoms with E-state index in [0.29, 0.717) is 17.7 Å². The molecule has 1 N–H and O–H groups in total. The van der Waals surface area contributed by atoms with Gasteiger partial charge in [-0.15, -0.1) is 21.5 Å². The number of anilines is 1. The topological polar surface area (TPSA) is 83.6 Å². The second-order valence-electron chi connectivity index (χ2n) is 7.04. The fourth-order valence-corrected chi connectivity index (χ4v) is 4.73. The van der Waals surface area contributed by atoms with Crippen LogP contribution in [-0.2, 0) is 24.2 Å². The third kappa shape index (κ3) is 5.63. The molecule has 0 unspecified atom stereocenters. The highest BCUT2D eigenvalue weighted by molar-refractivity contribution is 7.99. The Labute approximate surface area is 194 Å². The summed E-state index contributed by atoms with van der Waals surface area (Å²) in [7, 11) is 0. The number of carbonyl (C=O) groups excluding carboxylic acids is 1. The van der Waals surface area contributed by atoms with Gasteiger partial charge in [-0.1, -0.05) is 60.3 Å². The normalized spacial score (nSPS) is 10.6. The van der Waals surface area contributed by atoms with Crippen molar-refractivity contribution in [3.05, 3.63) is 93.9 Å². The van der Waals surface area contributed by atoms with Gasteiger partial charge in [0.2, 0.25) is 5.91 Å².